The molecule has 0 saturated carbocycles. The number of carbonyl (C=O) groups excluding carboxylic acids is 1. The largest absolute Gasteiger partial charge is 0.293 e. The lowest BCUT2D eigenvalue weighted by Gasteiger charge is -2.13. The van der Waals surface area contributed by atoms with Gasteiger partial charge < -0.3 is 0 Å². The van der Waals surface area contributed by atoms with Gasteiger partial charge in [0.2, 0.25) is 0 Å². The summed E-state index contributed by atoms with van der Waals surface area (Å²) in [7, 11) is -3.47. The SMILES string of the molecule is CCC(C(=O)c1ccc([N+](=O)[O-])cc1)S(=O)(=O)CC. The van der Waals surface area contributed by atoms with E-state index in [2.05, 4.69) is 0 Å². The highest BCUT2D eigenvalue weighted by atomic mass is 32.2. The Labute approximate surface area is 111 Å². The molecule has 0 fully saturated rings. The molecule has 0 bridgehead atoms. The summed E-state index contributed by atoms with van der Waals surface area (Å²) >= 11 is 0. The van der Waals surface area contributed by atoms with Crippen LogP contribution in [-0.4, -0.2) is 30.1 Å². The predicted molar refractivity (Wildman–Crippen MR) is 71.0 cm³/mol. The maximum absolute atomic E-state index is 12.1. The molecule has 1 rings (SSSR count). The minimum absolute atomic E-state index is 0.107. The van der Waals surface area contributed by atoms with Gasteiger partial charge in [-0.1, -0.05) is 13.8 Å². The summed E-state index contributed by atoms with van der Waals surface area (Å²) < 4.78 is 23.6. The lowest BCUT2D eigenvalue weighted by Crippen LogP contribution is -2.31. The zero-order valence-corrected chi connectivity index (χ0v) is 11.5. The number of nitrogens with zero attached hydrogens (tertiary/aromatic N) is 1. The highest BCUT2D eigenvalue weighted by Crippen LogP contribution is 2.17. The number of carbonyl (C=O) groups is 1. The van der Waals surface area contributed by atoms with Gasteiger partial charge in [-0.3, -0.25) is 14.9 Å². The number of rotatable bonds is 6. The Kier molecular flexibility index (Phi) is 4.77. The van der Waals surface area contributed by atoms with Crippen LogP contribution in [0.2, 0.25) is 0 Å². The van der Waals surface area contributed by atoms with E-state index < -0.39 is 25.8 Å². The Balaban J connectivity index is 3.08. The molecule has 1 aromatic carbocycles. The quantitative estimate of drug-likeness (QED) is 0.452. The summed E-state index contributed by atoms with van der Waals surface area (Å²) in [5.41, 5.74) is 0.0393. The van der Waals surface area contributed by atoms with Crippen LogP contribution < -0.4 is 0 Å². The van der Waals surface area contributed by atoms with E-state index in [0.29, 0.717) is 0 Å². The van der Waals surface area contributed by atoms with Crippen molar-refractivity contribution in [1.82, 2.24) is 0 Å². The van der Waals surface area contributed by atoms with Gasteiger partial charge in [0, 0.05) is 23.4 Å². The minimum Gasteiger partial charge on any atom is -0.293 e. The summed E-state index contributed by atoms with van der Waals surface area (Å²) in [6.45, 7) is 3.11. The van der Waals surface area contributed by atoms with Gasteiger partial charge in [-0.15, -0.1) is 0 Å². The number of Topliss-reactive ketones (excluding diaryl/α,β-unsaturated/α-hetero) is 1. The van der Waals surface area contributed by atoms with Crippen LogP contribution in [0, 0.1) is 10.1 Å². The number of hydrogen-bond acceptors (Lipinski definition) is 5. The summed E-state index contributed by atoms with van der Waals surface area (Å²) in [4.78, 5) is 22.0. The maximum atomic E-state index is 12.1. The third-order valence-electron chi connectivity index (χ3n) is 2.86. The first kappa shape index (κ1) is 15.3. The number of nitro benzene ring substituents is 1. The van der Waals surface area contributed by atoms with Crippen molar-refractivity contribution in [2.75, 3.05) is 5.75 Å². The van der Waals surface area contributed by atoms with Crippen molar-refractivity contribution < 1.29 is 18.1 Å². The second-order valence-corrected chi connectivity index (χ2v) is 6.49. The molecule has 0 radical (unpaired) electrons. The number of ketones is 1. The first-order chi connectivity index (χ1) is 8.83. The zero-order valence-electron chi connectivity index (χ0n) is 10.7. The standard InChI is InChI=1S/C12H15NO5S/c1-3-11(19(17,18)4-2)12(14)9-5-7-10(8-6-9)13(15)16/h5-8,11H,3-4H2,1-2H3. The fraction of sp³-hybridized carbons (Fsp3) is 0.417. The summed E-state index contributed by atoms with van der Waals surface area (Å²) in [5, 5.41) is 9.42. The molecule has 1 unspecified atom stereocenters. The average molecular weight is 285 g/mol. The molecule has 19 heavy (non-hydrogen) atoms. The van der Waals surface area contributed by atoms with Crippen LogP contribution in [0.25, 0.3) is 0 Å². The molecular formula is C12H15NO5S. The molecule has 7 heteroatoms. The Bertz CT molecular complexity index is 577. The van der Waals surface area contributed by atoms with Crippen molar-refractivity contribution in [2.45, 2.75) is 25.5 Å². The van der Waals surface area contributed by atoms with E-state index in [1.165, 1.54) is 31.2 Å². The molecule has 0 aliphatic heterocycles. The fourth-order valence-electron chi connectivity index (χ4n) is 1.74. The van der Waals surface area contributed by atoms with Gasteiger partial charge in [-0.2, -0.15) is 0 Å². The van der Waals surface area contributed by atoms with Crippen molar-refractivity contribution in [1.29, 1.82) is 0 Å². The molecule has 1 aromatic rings. The number of hydrogen-bond donors (Lipinski definition) is 0. The fourth-order valence-corrected chi connectivity index (χ4v) is 3.11. The normalized spacial score (nSPS) is 12.9. The molecule has 0 aromatic heterocycles. The lowest BCUT2D eigenvalue weighted by atomic mass is 10.1. The highest BCUT2D eigenvalue weighted by molar-refractivity contribution is 7.92. The van der Waals surface area contributed by atoms with Crippen molar-refractivity contribution in [3.8, 4) is 0 Å². The molecule has 0 aliphatic rings. The Morgan fingerprint density at radius 2 is 1.79 bits per heavy atom. The van der Waals surface area contributed by atoms with E-state index in [1.807, 2.05) is 0 Å². The third-order valence-corrected chi connectivity index (χ3v) is 5.08. The van der Waals surface area contributed by atoms with Crippen molar-refractivity contribution in [3.05, 3.63) is 39.9 Å². The summed E-state index contributed by atoms with van der Waals surface area (Å²) in [6, 6.07) is 4.96. The topological polar surface area (TPSA) is 94.3 Å². The molecule has 6 nitrogen and oxygen atoms in total. The van der Waals surface area contributed by atoms with Crippen LogP contribution in [-0.2, 0) is 9.84 Å². The second-order valence-electron chi connectivity index (χ2n) is 4.02. The number of sulfone groups is 1. The third kappa shape index (κ3) is 3.37. The van der Waals surface area contributed by atoms with Gasteiger partial charge in [0.05, 0.1) is 4.92 Å². The molecule has 1 atom stereocenters. The van der Waals surface area contributed by atoms with Gasteiger partial charge in [0.25, 0.3) is 5.69 Å². The highest BCUT2D eigenvalue weighted by Gasteiger charge is 2.30. The summed E-state index contributed by atoms with van der Waals surface area (Å²) in [6.07, 6.45) is 0.187. The Hall–Kier alpha value is -1.76. The minimum atomic E-state index is -3.47. The van der Waals surface area contributed by atoms with Crippen LogP contribution in [0.15, 0.2) is 24.3 Å². The van der Waals surface area contributed by atoms with Crippen molar-refractivity contribution >= 4 is 21.3 Å². The van der Waals surface area contributed by atoms with Gasteiger partial charge >= 0.3 is 0 Å². The molecule has 0 heterocycles. The van der Waals surface area contributed by atoms with Gasteiger partial charge in [-0.25, -0.2) is 8.42 Å². The van der Waals surface area contributed by atoms with Crippen LogP contribution in [0.5, 0.6) is 0 Å². The van der Waals surface area contributed by atoms with Crippen LogP contribution >= 0.6 is 0 Å². The predicted octanol–water partition coefficient (Wildman–Crippen LogP) is 1.99. The summed E-state index contributed by atoms with van der Waals surface area (Å²) in [5.74, 6) is -0.622. The lowest BCUT2D eigenvalue weighted by molar-refractivity contribution is -0.384. The second kappa shape index (κ2) is 5.92. The van der Waals surface area contributed by atoms with E-state index in [9.17, 15) is 23.3 Å². The molecule has 0 amide bonds. The Morgan fingerprint density at radius 1 is 1.26 bits per heavy atom. The molecule has 0 N–H and O–H groups in total. The van der Waals surface area contributed by atoms with E-state index in [4.69, 9.17) is 0 Å². The molecule has 0 aliphatic carbocycles. The van der Waals surface area contributed by atoms with Crippen molar-refractivity contribution in [2.24, 2.45) is 0 Å². The molecular weight excluding hydrogens is 270 g/mol. The smallest absolute Gasteiger partial charge is 0.269 e. The van der Waals surface area contributed by atoms with Crippen LogP contribution in [0.4, 0.5) is 5.69 Å². The van der Waals surface area contributed by atoms with E-state index in [-0.39, 0.29) is 23.4 Å². The van der Waals surface area contributed by atoms with Crippen LogP contribution in [0.3, 0.4) is 0 Å². The maximum Gasteiger partial charge on any atom is 0.269 e. The van der Waals surface area contributed by atoms with E-state index >= 15 is 0 Å². The number of non-ortho nitro benzene ring substituents is 1. The van der Waals surface area contributed by atoms with E-state index in [0.717, 1.165) is 0 Å². The molecule has 0 spiro atoms. The molecule has 104 valence electrons. The van der Waals surface area contributed by atoms with Gasteiger partial charge in [0.1, 0.15) is 5.25 Å². The number of nitro groups is 1. The first-order valence-electron chi connectivity index (χ1n) is 5.83. The monoisotopic (exact) mass is 285 g/mol. The van der Waals surface area contributed by atoms with Crippen LogP contribution in [0.1, 0.15) is 30.6 Å². The zero-order chi connectivity index (χ0) is 14.6. The van der Waals surface area contributed by atoms with Gasteiger partial charge in [-0.05, 0) is 18.6 Å². The number of benzene rings is 1. The molecule has 0 saturated heterocycles. The van der Waals surface area contributed by atoms with E-state index in [1.54, 1.807) is 6.92 Å². The Morgan fingerprint density at radius 3 is 2.16 bits per heavy atom. The average Bonchev–Trinajstić information content (AvgIpc) is 2.39. The van der Waals surface area contributed by atoms with Gasteiger partial charge in [0.15, 0.2) is 15.6 Å². The first-order valence-corrected chi connectivity index (χ1v) is 7.55. The van der Waals surface area contributed by atoms with Crippen molar-refractivity contribution in [3.63, 3.8) is 0 Å².